The molecular formula is C16H23BrClN3O. The molecule has 1 aliphatic heterocycles. The third-order valence-corrected chi connectivity index (χ3v) is 4.71. The number of anilines is 1. The molecule has 122 valence electrons. The molecule has 1 aromatic rings. The lowest BCUT2D eigenvalue weighted by Crippen LogP contribution is -2.51. The Kier molecular flexibility index (Phi) is 5.38. The zero-order valence-corrected chi connectivity index (χ0v) is 15.9. The Balaban J connectivity index is 2.13. The van der Waals surface area contributed by atoms with Gasteiger partial charge in [-0.1, -0.05) is 32.4 Å². The van der Waals surface area contributed by atoms with Crippen LogP contribution < -0.4 is 4.90 Å². The van der Waals surface area contributed by atoms with Crippen LogP contribution in [0.2, 0.25) is 5.02 Å². The highest BCUT2D eigenvalue weighted by Gasteiger charge is 2.32. The van der Waals surface area contributed by atoms with Crippen LogP contribution in [0, 0.1) is 5.41 Å². The molecule has 6 heteroatoms. The molecule has 0 aromatic carbocycles. The van der Waals surface area contributed by atoms with E-state index >= 15 is 0 Å². The fourth-order valence-corrected chi connectivity index (χ4v) is 3.55. The number of hydrogen-bond acceptors (Lipinski definition) is 3. The summed E-state index contributed by atoms with van der Waals surface area (Å²) >= 11 is 9.69. The minimum atomic E-state index is -0.357. The normalized spacial score (nSPS) is 19.2. The van der Waals surface area contributed by atoms with Crippen molar-refractivity contribution in [2.24, 2.45) is 5.41 Å². The van der Waals surface area contributed by atoms with Crippen molar-refractivity contribution >= 4 is 39.3 Å². The number of hydrogen-bond donors (Lipinski definition) is 0. The Labute approximate surface area is 146 Å². The lowest BCUT2D eigenvalue weighted by Gasteiger charge is -2.40. The molecule has 0 spiro atoms. The van der Waals surface area contributed by atoms with E-state index in [0.29, 0.717) is 5.02 Å². The summed E-state index contributed by atoms with van der Waals surface area (Å²) in [5.41, 5.74) is -0.357. The number of nitrogens with zero attached hydrogens (tertiary/aromatic N) is 3. The second-order valence-corrected chi connectivity index (χ2v) is 8.19. The molecule has 1 saturated heterocycles. The molecule has 0 N–H and O–H groups in total. The predicted molar refractivity (Wildman–Crippen MR) is 94.4 cm³/mol. The molecule has 1 atom stereocenters. The van der Waals surface area contributed by atoms with E-state index in [1.807, 2.05) is 38.8 Å². The van der Waals surface area contributed by atoms with Crippen LogP contribution in [0.1, 0.15) is 33.6 Å². The zero-order valence-electron chi connectivity index (χ0n) is 13.6. The van der Waals surface area contributed by atoms with E-state index in [2.05, 4.69) is 25.8 Å². The molecule has 1 amide bonds. The molecule has 4 nitrogen and oxygen atoms in total. The Morgan fingerprint density at radius 3 is 2.77 bits per heavy atom. The molecule has 22 heavy (non-hydrogen) atoms. The standard InChI is InChI=1S/C16H23BrClN3O/c1-16(2,3)15(22)20(4)12-6-5-7-21(10-12)14-13(18)8-11(17)9-19-14/h8-9,12H,5-7,10H2,1-4H3. The maximum Gasteiger partial charge on any atom is 0.227 e. The number of piperidine rings is 1. The van der Waals surface area contributed by atoms with Crippen LogP contribution in [-0.2, 0) is 4.79 Å². The largest absolute Gasteiger partial charge is 0.353 e. The second-order valence-electron chi connectivity index (χ2n) is 6.87. The first-order valence-corrected chi connectivity index (χ1v) is 8.70. The van der Waals surface area contributed by atoms with Gasteiger partial charge >= 0.3 is 0 Å². The summed E-state index contributed by atoms with van der Waals surface area (Å²) < 4.78 is 0.870. The summed E-state index contributed by atoms with van der Waals surface area (Å²) in [5, 5.41) is 0.639. The molecule has 1 aromatic heterocycles. The zero-order chi connectivity index (χ0) is 16.5. The highest BCUT2D eigenvalue weighted by Crippen LogP contribution is 2.30. The van der Waals surface area contributed by atoms with Crippen molar-refractivity contribution in [2.45, 2.75) is 39.7 Å². The summed E-state index contributed by atoms with van der Waals surface area (Å²) in [4.78, 5) is 21.0. The van der Waals surface area contributed by atoms with Crippen LogP contribution in [-0.4, -0.2) is 42.0 Å². The van der Waals surface area contributed by atoms with Crippen molar-refractivity contribution in [3.63, 3.8) is 0 Å². The second kappa shape index (κ2) is 6.75. The molecule has 0 radical (unpaired) electrons. The molecule has 2 heterocycles. The summed E-state index contributed by atoms with van der Waals surface area (Å²) in [6, 6.07) is 2.05. The maximum atomic E-state index is 12.5. The number of carbonyl (C=O) groups excluding carboxylic acids is 1. The van der Waals surface area contributed by atoms with E-state index in [0.717, 1.165) is 36.2 Å². The third-order valence-electron chi connectivity index (χ3n) is 3.99. The highest BCUT2D eigenvalue weighted by molar-refractivity contribution is 9.10. The first-order chi connectivity index (χ1) is 10.2. The summed E-state index contributed by atoms with van der Waals surface area (Å²) in [6.07, 6.45) is 3.80. The fraction of sp³-hybridized carbons (Fsp3) is 0.625. The number of aromatic nitrogens is 1. The first-order valence-electron chi connectivity index (χ1n) is 7.53. The maximum absolute atomic E-state index is 12.5. The lowest BCUT2D eigenvalue weighted by atomic mass is 9.93. The van der Waals surface area contributed by atoms with Gasteiger partial charge in [0.2, 0.25) is 5.91 Å². The van der Waals surface area contributed by atoms with Crippen molar-refractivity contribution in [2.75, 3.05) is 25.0 Å². The van der Waals surface area contributed by atoms with Gasteiger partial charge in [0.05, 0.1) is 5.02 Å². The van der Waals surface area contributed by atoms with Gasteiger partial charge < -0.3 is 9.80 Å². The van der Waals surface area contributed by atoms with Crippen LogP contribution in [0.3, 0.4) is 0 Å². The van der Waals surface area contributed by atoms with Crippen LogP contribution >= 0.6 is 27.5 Å². The summed E-state index contributed by atoms with van der Waals surface area (Å²) in [5.74, 6) is 0.973. The molecule has 2 rings (SSSR count). The minimum Gasteiger partial charge on any atom is -0.353 e. The Morgan fingerprint density at radius 2 is 2.18 bits per heavy atom. The smallest absolute Gasteiger partial charge is 0.227 e. The summed E-state index contributed by atoms with van der Waals surface area (Å²) in [7, 11) is 1.90. The SMILES string of the molecule is CN(C(=O)C(C)(C)C)C1CCCN(c2ncc(Br)cc2Cl)C1. The van der Waals surface area contributed by atoms with Gasteiger partial charge in [0.15, 0.2) is 0 Å². The van der Waals surface area contributed by atoms with E-state index in [9.17, 15) is 4.79 Å². The van der Waals surface area contributed by atoms with Crippen LogP contribution in [0.25, 0.3) is 0 Å². The van der Waals surface area contributed by atoms with Gasteiger partial charge in [0.25, 0.3) is 0 Å². The number of pyridine rings is 1. The first kappa shape index (κ1) is 17.5. The Morgan fingerprint density at radius 1 is 1.50 bits per heavy atom. The van der Waals surface area contributed by atoms with Crippen LogP contribution in [0.4, 0.5) is 5.82 Å². The topological polar surface area (TPSA) is 36.4 Å². The highest BCUT2D eigenvalue weighted by atomic mass is 79.9. The van der Waals surface area contributed by atoms with Gasteiger partial charge in [-0.25, -0.2) is 4.98 Å². The quantitative estimate of drug-likeness (QED) is 0.769. The molecule has 0 saturated carbocycles. The predicted octanol–water partition coefficient (Wildman–Crippen LogP) is 3.97. The number of halogens is 2. The lowest BCUT2D eigenvalue weighted by molar-refractivity contribution is -0.140. The number of amides is 1. The average molecular weight is 389 g/mol. The van der Waals surface area contributed by atoms with Crippen molar-refractivity contribution in [1.29, 1.82) is 0 Å². The Hall–Kier alpha value is -0.810. The number of likely N-dealkylation sites (N-methyl/N-ethyl adjacent to an activating group) is 1. The third kappa shape index (κ3) is 3.93. The molecule has 1 aliphatic rings. The van der Waals surface area contributed by atoms with Gasteiger partial charge in [-0.05, 0) is 34.8 Å². The number of rotatable bonds is 2. The van der Waals surface area contributed by atoms with Crippen molar-refractivity contribution in [3.8, 4) is 0 Å². The van der Waals surface area contributed by atoms with E-state index in [-0.39, 0.29) is 17.4 Å². The van der Waals surface area contributed by atoms with E-state index < -0.39 is 0 Å². The summed E-state index contributed by atoms with van der Waals surface area (Å²) in [6.45, 7) is 7.56. The molecule has 1 unspecified atom stereocenters. The minimum absolute atomic E-state index is 0.175. The van der Waals surface area contributed by atoms with Gasteiger partial charge in [0.1, 0.15) is 5.82 Å². The fourth-order valence-electron chi connectivity index (χ4n) is 2.80. The molecule has 0 aliphatic carbocycles. The van der Waals surface area contributed by atoms with Crippen LogP contribution in [0.15, 0.2) is 16.7 Å². The van der Waals surface area contributed by atoms with E-state index in [1.165, 1.54) is 0 Å². The average Bonchev–Trinajstić information content (AvgIpc) is 2.45. The van der Waals surface area contributed by atoms with Gasteiger partial charge in [-0.3, -0.25) is 4.79 Å². The van der Waals surface area contributed by atoms with Crippen LogP contribution in [0.5, 0.6) is 0 Å². The molecule has 1 fully saturated rings. The monoisotopic (exact) mass is 387 g/mol. The van der Waals surface area contributed by atoms with Gasteiger partial charge in [-0.15, -0.1) is 0 Å². The van der Waals surface area contributed by atoms with Gasteiger partial charge in [-0.2, -0.15) is 0 Å². The Bertz CT molecular complexity index is 559. The molecule has 0 bridgehead atoms. The van der Waals surface area contributed by atoms with E-state index in [4.69, 9.17) is 11.6 Å². The van der Waals surface area contributed by atoms with E-state index in [1.54, 1.807) is 6.20 Å². The van der Waals surface area contributed by atoms with Crippen molar-refractivity contribution in [1.82, 2.24) is 9.88 Å². The number of carbonyl (C=O) groups is 1. The molecular weight excluding hydrogens is 366 g/mol. The van der Waals surface area contributed by atoms with Crippen molar-refractivity contribution < 1.29 is 4.79 Å². The van der Waals surface area contributed by atoms with Crippen molar-refractivity contribution in [3.05, 3.63) is 21.8 Å². The van der Waals surface area contributed by atoms with Gasteiger partial charge in [0, 0.05) is 42.3 Å².